The minimum Gasteiger partial charge on any atom is -0.347 e. The van der Waals surface area contributed by atoms with Gasteiger partial charge in [0.2, 0.25) is 0 Å². The number of nitrogens with zero attached hydrogens (tertiary/aromatic N) is 2. The maximum absolute atomic E-state index is 12.7. The molecule has 1 heterocycles. The summed E-state index contributed by atoms with van der Waals surface area (Å²) in [5.41, 5.74) is 1.28. The van der Waals surface area contributed by atoms with Crippen LogP contribution in [-0.2, 0) is 6.54 Å². The summed E-state index contributed by atoms with van der Waals surface area (Å²) in [6, 6.07) is 6.58. The number of hydrogen-bond donors (Lipinski definition) is 1. The van der Waals surface area contributed by atoms with Crippen molar-refractivity contribution >= 4 is 5.91 Å². The topological polar surface area (TPSA) is 46.9 Å². The van der Waals surface area contributed by atoms with Gasteiger partial charge in [0.25, 0.3) is 5.91 Å². The van der Waals surface area contributed by atoms with Gasteiger partial charge in [-0.2, -0.15) is 0 Å². The van der Waals surface area contributed by atoms with Crippen molar-refractivity contribution in [2.24, 2.45) is 0 Å². The molecular formula is C14H14FN3O. The molecule has 1 N–H and O–H groups in total. The molecule has 0 saturated heterocycles. The van der Waals surface area contributed by atoms with Crippen LogP contribution in [-0.4, -0.2) is 15.5 Å². The zero-order valence-electron chi connectivity index (χ0n) is 10.3. The Morgan fingerprint density at radius 1 is 1.37 bits per heavy atom. The average molecular weight is 259 g/mol. The molecule has 1 aliphatic rings. The zero-order chi connectivity index (χ0) is 13.2. The lowest BCUT2D eigenvalue weighted by Gasteiger charge is -2.03. The molecular weight excluding hydrogens is 245 g/mol. The molecule has 1 aromatic heterocycles. The van der Waals surface area contributed by atoms with Gasteiger partial charge in [-0.05, 0) is 30.5 Å². The van der Waals surface area contributed by atoms with E-state index in [1.807, 2.05) is 4.57 Å². The smallest absolute Gasteiger partial charge is 0.271 e. The summed E-state index contributed by atoms with van der Waals surface area (Å²) in [4.78, 5) is 16.0. The van der Waals surface area contributed by atoms with Crippen molar-refractivity contribution in [3.63, 3.8) is 0 Å². The molecule has 0 bridgehead atoms. The first kappa shape index (κ1) is 11.9. The Labute approximate surface area is 110 Å². The Bertz CT molecular complexity index is 587. The van der Waals surface area contributed by atoms with Crippen LogP contribution in [0.3, 0.4) is 0 Å². The van der Waals surface area contributed by atoms with Crippen molar-refractivity contribution < 1.29 is 9.18 Å². The third-order valence-electron chi connectivity index (χ3n) is 3.17. The maximum Gasteiger partial charge on any atom is 0.271 e. The summed E-state index contributed by atoms with van der Waals surface area (Å²) in [6.45, 7) is 0.370. The fraction of sp³-hybridized carbons (Fsp3) is 0.286. The van der Waals surface area contributed by atoms with Gasteiger partial charge in [0, 0.05) is 18.8 Å². The highest BCUT2D eigenvalue weighted by atomic mass is 19.1. The molecule has 4 nitrogen and oxygen atoms in total. The van der Waals surface area contributed by atoms with E-state index < -0.39 is 0 Å². The number of amides is 1. The number of aromatic nitrogens is 2. The quantitative estimate of drug-likeness (QED) is 0.915. The number of carbonyl (C=O) groups excluding carboxylic acids is 1. The summed E-state index contributed by atoms with van der Waals surface area (Å²) in [5.74, 6) is -0.484. The summed E-state index contributed by atoms with van der Waals surface area (Å²) >= 11 is 0. The molecule has 1 saturated carbocycles. The van der Waals surface area contributed by atoms with E-state index in [2.05, 4.69) is 10.3 Å². The normalized spacial score (nSPS) is 14.4. The molecule has 0 atom stereocenters. The minimum absolute atomic E-state index is 0.205. The summed E-state index contributed by atoms with van der Waals surface area (Å²) in [7, 11) is 0. The van der Waals surface area contributed by atoms with Gasteiger partial charge in [-0.15, -0.1) is 0 Å². The van der Waals surface area contributed by atoms with Gasteiger partial charge in [-0.3, -0.25) is 4.79 Å². The van der Waals surface area contributed by atoms with Crippen LogP contribution in [0.2, 0.25) is 0 Å². The van der Waals surface area contributed by atoms with E-state index in [1.165, 1.54) is 12.1 Å². The highest BCUT2D eigenvalue weighted by molar-refractivity contribution is 5.91. The second-order valence-electron chi connectivity index (χ2n) is 4.75. The molecule has 3 rings (SSSR count). The van der Waals surface area contributed by atoms with Gasteiger partial charge in [0.15, 0.2) is 0 Å². The van der Waals surface area contributed by atoms with Gasteiger partial charge < -0.3 is 9.88 Å². The first-order chi connectivity index (χ1) is 9.22. The Morgan fingerprint density at radius 3 is 2.79 bits per heavy atom. The van der Waals surface area contributed by atoms with Crippen LogP contribution in [0.5, 0.6) is 0 Å². The molecule has 19 heavy (non-hydrogen) atoms. The maximum atomic E-state index is 12.7. The van der Waals surface area contributed by atoms with Crippen molar-refractivity contribution in [2.45, 2.75) is 25.4 Å². The molecule has 1 amide bonds. The summed E-state index contributed by atoms with van der Waals surface area (Å²) < 4.78 is 14.7. The van der Waals surface area contributed by atoms with Crippen molar-refractivity contribution in [1.82, 2.24) is 14.9 Å². The number of benzene rings is 1. The molecule has 1 fully saturated rings. The fourth-order valence-corrected chi connectivity index (χ4v) is 1.90. The van der Waals surface area contributed by atoms with Crippen molar-refractivity contribution in [3.05, 3.63) is 53.9 Å². The van der Waals surface area contributed by atoms with E-state index in [0.29, 0.717) is 18.3 Å². The van der Waals surface area contributed by atoms with Crippen LogP contribution in [0.1, 0.15) is 34.9 Å². The Hall–Kier alpha value is -2.17. The van der Waals surface area contributed by atoms with E-state index >= 15 is 0 Å². The predicted octanol–water partition coefficient (Wildman–Crippen LogP) is 2.29. The monoisotopic (exact) mass is 259 g/mol. The largest absolute Gasteiger partial charge is 0.347 e. The van der Waals surface area contributed by atoms with Crippen molar-refractivity contribution in [1.29, 1.82) is 0 Å². The lowest BCUT2D eigenvalue weighted by molar-refractivity contribution is 0.0946. The average Bonchev–Trinajstić information content (AvgIpc) is 3.15. The van der Waals surface area contributed by atoms with Crippen LogP contribution in [0.15, 0.2) is 36.8 Å². The summed E-state index contributed by atoms with van der Waals surface area (Å²) in [5, 5.41) is 2.77. The standard InChI is InChI=1S/C14H14FN3O/c15-11-3-1-10(2-4-11)7-16-14(19)13-8-18(9-17-13)12-5-6-12/h1-4,8-9,12H,5-7H2,(H,16,19). The first-order valence-corrected chi connectivity index (χ1v) is 6.28. The van der Waals surface area contributed by atoms with Gasteiger partial charge in [0.05, 0.1) is 6.33 Å². The second-order valence-corrected chi connectivity index (χ2v) is 4.75. The van der Waals surface area contributed by atoms with Crippen LogP contribution in [0, 0.1) is 5.82 Å². The number of rotatable bonds is 4. The van der Waals surface area contributed by atoms with Crippen LogP contribution >= 0.6 is 0 Å². The number of carbonyl (C=O) groups is 1. The van der Waals surface area contributed by atoms with E-state index in [9.17, 15) is 9.18 Å². The molecule has 0 unspecified atom stereocenters. The Kier molecular flexibility index (Phi) is 3.03. The lowest BCUT2D eigenvalue weighted by Crippen LogP contribution is -2.23. The molecule has 2 aromatic rings. The number of nitrogens with one attached hydrogen (secondary N) is 1. The molecule has 1 aliphatic carbocycles. The molecule has 98 valence electrons. The van der Waals surface area contributed by atoms with Gasteiger partial charge in [0.1, 0.15) is 11.5 Å². The van der Waals surface area contributed by atoms with E-state index in [-0.39, 0.29) is 11.7 Å². The SMILES string of the molecule is O=C(NCc1ccc(F)cc1)c1cn(C2CC2)cn1. The lowest BCUT2D eigenvalue weighted by atomic mass is 10.2. The van der Waals surface area contributed by atoms with Crippen LogP contribution in [0.4, 0.5) is 4.39 Å². The van der Waals surface area contributed by atoms with Crippen LogP contribution in [0.25, 0.3) is 0 Å². The van der Waals surface area contributed by atoms with Crippen molar-refractivity contribution in [3.8, 4) is 0 Å². The highest BCUT2D eigenvalue weighted by Crippen LogP contribution is 2.34. The molecule has 1 aromatic carbocycles. The molecule has 0 radical (unpaired) electrons. The Morgan fingerprint density at radius 2 is 2.11 bits per heavy atom. The highest BCUT2D eigenvalue weighted by Gasteiger charge is 2.24. The fourth-order valence-electron chi connectivity index (χ4n) is 1.90. The number of halogens is 1. The zero-order valence-corrected chi connectivity index (χ0v) is 10.3. The number of imidazole rings is 1. The van der Waals surface area contributed by atoms with Gasteiger partial charge in [-0.1, -0.05) is 12.1 Å². The van der Waals surface area contributed by atoms with Crippen molar-refractivity contribution in [2.75, 3.05) is 0 Å². The third-order valence-corrected chi connectivity index (χ3v) is 3.17. The van der Waals surface area contributed by atoms with Gasteiger partial charge in [-0.25, -0.2) is 9.37 Å². The first-order valence-electron chi connectivity index (χ1n) is 6.28. The Balaban J connectivity index is 1.59. The third kappa shape index (κ3) is 2.81. The van der Waals surface area contributed by atoms with E-state index in [4.69, 9.17) is 0 Å². The van der Waals surface area contributed by atoms with E-state index in [1.54, 1.807) is 24.7 Å². The van der Waals surface area contributed by atoms with Crippen LogP contribution < -0.4 is 5.32 Å². The molecule has 0 spiro atoms. The number of hydrogen-bond acceptors (Lipinski definition) is 2. The second kappa shape index (κ2) is 4.84. The molecule has 0 aliphatic heterocycles. The summed E-state index contributed by atoms with van der Waals surface area (Å²) in [6.07, 6.45) is 5.79. The minimum atomic E-state index is -0.279. The predicted molar refractivity (Wildman–Crippen MR) is 68.1 cm³/mol. The van der Waals surface area contributed by atoms with Gasteiger partial charge >= 0.3 is 0 Å². The molecule has 5 heteroatoms. The van der Waals surface area contributed by atoms with E-state index in [0.717, 1.165) is 18.4 Å².